The smallest absolute Gasteiger partial charge is 0.315 e. The van der Waals surface area contributed by atoms with Gasteiger partial charge in [0.2, 0.25) is 5.89 Å². The van der Waals surface area contributed by atoms with Crippen LogP contribution in [0.5, 0.6) is 0 Å². The number of unbranched alkanes of at least 4 members (excludes halogenated alkanes) is 2. The van der Waals surface area contributed by atoms with Crippen molar-refractivity contribution in [3.8, 4) is 0 Å². The van der Waals surface area contributed by atoms with Crippen LogP contribution in [0.2, 0.25) is 0 Å². The summed E-state index contributed by atoms with van der Waals surface area (Å²) >= 11 is 0. The molecule has 0 atom stereocenters. The van der Waals surface area contributed by atoms with Crippen LogP contribution in [0.3, 0.4) is 0 Å². The van der Waals surface area contributed by atoms with Gasteiger partial charge in [-0.3, -0.25) is 0 Å². The molecule has 1 heterocycles. The number of anilines is 1. The van der Waals surface area contributed by atoms with Gasteiger partial charge in [-0.05, 0) is 27.2 Å². The summed E-state index contributed by atoms with van der Waals surface area (Å²) in [6.07, 6.45) is 3.57. The normalized spacial score (nSPS) is 11.8. The molecule has 0 aliphatic heterocycles. The van der Waals surface area contributed by atoms with Crippen LogP contribution in [0.15, 0.2) is 4.42 Å². The van der Waals surface area contributed by atoms with Gasteiger partial charge in [-0.2, -0.15) is 0 Å². The lowest BCUT2D eigenvalue weighted by Crippen LogP contribution is -2.35. The number of nitrogens with zero attached hydrogens (tertiary/aromatic N) is 2. The third-order valence-electron chi connectivity index (χ3n) is 2.29. The average molecular weight is 240 g/mol. The van der Waals surface area contributed by atoms with E-state index in [9.17, 15) is 0 Å². The van der Waals surface area contributed by atoms with E-state index in [1.54, 1.807) is 0 Å². The van der Waals surface area contributed by atoms with Crippen molar-refractivity contribution >= 4 is 6.01 Å². The standard InChI is InChI=1S/C12H24N4O/c1-5-6-7-8-13-11-16-15-10(17-11)9-14-12(2,3)4/h14H,5-9H2,1-4H3,(H,13,16). The van der Waals surface area contributed by atoms with Crippen LogP contribution in [0, 0.1) is 0 Å². The second-order valence-electron chi connectivity index (χ2n) is 5.24. The maximum atomic E-state index is 5.46. The van der Waals surface area contributed by atoms with Crippen LogP contribution in [-0.4, -0.2) is 22.3 Å². The zero-order valence-corrected chi connectivity index (χ0v) is 11.3. The minimum absolute atomic E-state index is 0.0587. The van der Waals surface area contributed by atoms with Gasteiger partial charge >= 0.3 is 6.01 Å². The van der Waals surface area contributed by atoms with Crippen molar-refractivity contribution in [3.63, 3.8) is 0 Å². The number of rotatable bonds is 7. The van der Waals surface area contributed by atoms with Crippen molar-refractivity contribution in [2.24, 2.45) is 0 Å². The average Bonchev–Trinajstić information content (AvgIpc) is 2.69. The lowest BCUT2D eigenvalue weighted by Gasteiger charge is -2.18. The topological polar surface area (TPSA) is 63.0 Å². The maximum Gasteiger partial charge on any atom is 0.315 e. The SMILES string of the molecule is CCCCCNc1nnc(CNC(C)(C)C)o1. The Morgan fingerprint density at radius 2 is 1.94 bits per heavy atom. The number of hydrogen-bond acceptors (Lipinski definition) is 5. The molecule has 0 fully saturated rings. The highest BCUT2D eigenvalue weighted by Gasteiger charge is 2.11. The van der Waals surface area contributed by atoms with E-state index >= 15 is 0 Å². The Bertz CT molecular complexity index is 317. The number of nitrogens with one attached hydrogen (secondary N) is 2. The first-order valence-electron chi connectivity index (χ1n) is 6.32. The summed E-state index contributed by atoms with van der Waals surface area (Å²) in [7, 11) is 0. The van der Waals surface area contributed by atoms with Crippen molar-refractivity contribution < 1.29 is 4.42 Å². The van der Waals surface area contributed by atoms with Crippen molar-refractivity contribution in [2.45, 2.75) is 59.0 Å². The molecule has 0 aliphatic carbocycles. The van der Waals surface area contributed by atoms with Gasteiger partial charge in [0.1, 0.15) is 0 Å². The van der Waals surface area contributed by atoms with E-state index in [1.807, 2.05) is 0 Å². The maximum absolute atomic E-state index is 5.46. The summed E-state index contributed by atoms with van der Waals surface area (Å²) in [6.45, 7) is 9.99. The first-order valence-corrected chi connectivity index (χ1v) is 6.32. The van der Waals surface area contributed by atoms with Crippen LogP contribution >= 0.6 is 0 Å². The lowest BCUT2D eigenvalue weighted by molar-refractivity contribution is 0.383. The van der Waals surface area contributed by atoms with E-state index in [1.165, 1.54) is 12.8 Å². The molecule has 0 unspecified atom stereocenters. The van der Waals surface area contributed by atoms with Gasteiger partial charge in [0, 0.05) is 12.1 Å². The molecule has 0 aromatic carbocycles. The molecule has 0 saturated carbocycles. The first-order chi connectivity index (χ1) is 8.01. The van der Waals surface area contributed by atoms with E-state index in [0.29, 0.717) is 18.5 Å². The molecular weight excluding hydrogens is 216 g/mol. The van der Waals surface area contributed by atoms with E-state index in [4.69, 9.17) is 4.42 Å². The Morgan fingerprint density at radius 1 is 1.18 bits per heavy atom. The molecule has 0 bridgehead atoms. The highest BCUT2D eigenvalue weighted by molar-refractivity contribution is 5.16. The minimum Gasteiger partial charge on any atom is -0.407 e. The van der Waals surface area contributed by atoms with Gasteiger partial charge in [0.15, 0.2) is 0 Å². The van der Waals surface area contributed by atoms with Gasteiger partial charge in [-0.25, -0.2) is 0 Å². The molecule has 0 spiro atoms. The fourth-order valence-electron chi connectivity index (χ4n) is 1.31. The van der Waals surface area contributed by atoms with Crippen LogP contribution in [0.25, 0.3) is 0 Å². The third kappa shape index (κ3) is 6.26. The summed E-state index contributed by atoms with van der Waals surface area (Å²) in [5.74, 6) is 0.623. The molecule has 5 heteroatoms. The quantitative estimate of drug-likeness (QED) is 0.717. The zero-order valence-electron chi connectivity index (χ0n) is 11.3. The summed E-state index contributed by atoms with van der Waals surface area (Å²) in [4.78, 5) is 0. The summed E-state index contributed by atoms with van der Waals surface area (Å²) in [5, 5.41) is 14.4. The molecule has 1 aromatic rings. The highest BCUT2D eigenvalue weighted by Crippen LogP contribution is 2.07. The predicted octanol–water partition coefficient (Wildman–Crippen LogP) is 2.56. The van der Waals surface area contributed by atoms with Crippen molar-refractivity contribution in [1.82, 2.24) is 15.5 Å². The zero-order chi connectivity index (χ0) is 12.7. The van der Waals surface area contributed by atoms with Crippen LogP contribution in [0.4, 0.5) is 6.01 Å². The van der Waals surface area contributed by atoms with E-state index < -0.39 is 0 Å². The predicted molar refractivity (Wildman–Crippen MR) is 68.9 cm³/mol. The molecular formula is C12H24N4O. The monoisotopic (exact) mass is 240 g/mol. The van der Waals surface area contributed by atoms with Crippen molar-refractivity contribution in [1.29, 1.82) is 0 Å². The van der Waals surface area contributed by atoms with Gasteiger partial charge in [0.25, 0.3) is 0 Å². The molecule has 1 aromatic heterocycles. The fourth-order valence-corrected chi connectivity index (χ4v) is 1.31. The van der Waals surface area contributed by atoms with E-state index in [2.05, 4.69) is 48.5 Å². The second kappa shape index (κ2) is 6.59. The Hall–Kier alpha value is -1.10. The molecule has 0 amide bonds. The van der Waals surface area contributed by atoms with Crippen LogP contribution < -0.4 is 10.6 Å². The Labute approximate surface area is 103 Å². The first kappa shape index (κ1) is 14.0. The summed E-state index contributed by atoms with van der Waals surface area (Å²) < 4.78 is 5.46. The number of aromatic nitrogens is 2. The van der Waals surface area contributed by atoms with Gasteiger partial charge in [0.05, 0.1) is 6.54 Å². The Morgan fingerprint density at radius 3 is 2.59 bits per heavy atom. The van der Waals surface area contributed by atoms with Crippen LogP contribution in [0.1, 0.15) is 52.8 Å². The number of hydrogen-bond donors (Lipinski definition) is 2. The Kier molecular flexibility index (Phi) is 5.41. The third-order valence-corrected chi connectivity index (χ3v) is 2.29. The Balaban J connectivity index is 2.28. The van der Waals surface area contributed by atoms with Gasteiger partial charge < -0.3 is 15.1 Å². The van der Waals surface area contributed by atoms with E-state index in [0.717, 1.165) is 13.0 Å². The van der Waals surface area contributed by atoms with E-state index in [-0.39, 0.29) is 5.54 Å². The molecule has 0 aliphatic rings. The molecule has 98 valence electrons. The van der Waals surface area contributed by atoms with Gasteiger partial charge in [-0.1, -0.05) is 24.9 Å². The molecule has 17 heavy (non-hydrogen) atoms. The fraction of sp³-hybridized carbons (Fsp3) is 0.833. The van der Waals surface area contributed by atoms with Crippen LogP contribution in [-0.2, 0) is 6.54 Å². The molecule has 5 nitrogen and oxygen atoms in total. The van der Waals surface area contributed by atoms with Crippen molar-refractivity contribution in [3.05, 3.63) is 5.89 Å². The second-order valence-corrected chi connectivity index (χ2v) is 5.24. The molecule has 2 N–H and O–H groups in total. The lowest BCUT2D eigenvalue weighted by atomic mass is 10.1. The summed E-state index contributed by atoms with van der Waals surface area (Å²) in [6, 6.07) is 0.520. The minimum atomic E-state index is 0.0587. The highest BCUT2D eigenvalue weighted by atomic mass is 16.4. The van der Waals surface area contributed by atoms with Gasteiger partial charge in [-0.15, -0.1) is 5.10 Å². The summed E-state index contributed by atoms with van der Waals surface area (Å²) in [5.41, 5.74) is 0.0587. The molecule has 0 radical (unpaired) electrons. The molecule has 0 saturated heterocycles. The largest absolute Gasteiger partial charge is 0.407 e. The molecule has 1 rings (SSSR count). The van der Waals surface area contributed by atoms with Crippen molar-refractivity contribution in [2.75, 3.05) is 11.9 Å².